The molecule has 116 valence electrons. The second kappa shape index (κ2) is 5.89. The van der Waals surface area contributed by atoms with E-state index in [1.807, 2.05) is 6.92 Å². The lowest BCUT2D eigenvalue weighted by Crippen LogP contribution is -2.63. The molecule has 3 heterocycles. The number of fused-ring (bicyclic) bond motifs is 1. The first-order chi connectivity index (χ1) is 9.60. The zero-order chi connectivity index (χ0) is 14.3. The molecule has 3 saturated heterocycles. The van der Waals surface area contributed by atoms with E-state index in [0.717, 1.165) is 19.3 Å². The van der Waals surface area contributed by atoms with Crippen molar-refractivity contribution in [2.24, 2.45) is 11.8 Å². The second-order valence-electron chi connectivity index (χ2n) is 6.61. The molecule has 0 aromatic rings. The van der Waals surface area contributed by atoms with Gasteiger partial charge in [-0.15, -0.1) is 0 Å². The summed E-state index contributed by atoms with van der Waals surface area (Å²) in [5, 5.41) is 23.4. The monoisotopic (exact) mass is 285 g/mol. The Hall–Kier alpha value is -0.200. The zero-order valence-electron chi connectivity index (χ0n) is 12.4. The normalized spacial score (nSPS) is 52.8. The number of hydrogen-bond donors (Lipinski definition) is 3. The molecular formula is C15H27NO4. The molecule has 5 nitrogen and oxygen atoms in total. The Morgan fingerprint density at radius 3 is 2.60 bits per heavy atom. The minimum Gasteiger partial charge on any atom is -0.390 e. The maximum absolute atomic E-state index is 10.2. The van der Waals surface area contributed by atoms with Crippen molar-refractivity contribution in [3.05, 3.63) is 0 Å². The highest BCUT2D eigenvalue weighted by Crippen LogP contribution is 2.38. The van der Waals surface area contributed by atoms with Gasteiger partial charge in [0.05, 0.1) is 37.1 Å². The number of nitrogens with one attached hydrogen (secondary N) is 1. The first-order valence-corrected chi connectivity index (χ1v) is 7.99. The molecule has 0 amide bonds. The van der Waals surface area contributed by atoms with Gasteiger partial charge in [0.15, 0.2) is 0 Å². The van der Waals surface area contributed by atoms with Crippen LogP contribution in [0.15, 0.2) is 0 Å². The van der Waals surface area contributed by atoms with Gasteiger partial charge in [0.25, 0.3) is 0 Å². The van der Waals surface area contributed by atoms with Gasteiger partial charge in [-0.25, -0.2) is 0 Å². The number of aliphatic hydroxyl groups is 2. The quantitative estimate of drug-likeness (QED) is 0.694. The number of rotatable bonds is 2. The number of ether oxygens (including phenoxy) is 2. The second-order valence-corrected chi connectivity index (χ2v) is 6.61. The Bertz CT molecular complexity index is 330. The van der Waals surface area contributed by atoms with Gasteiger partial charge in [0.1, 0.15) is 6.23 Å². The van der Waals surface area contributed by atoms with Gasteiger partial charge in [-0.3, -0.25) is 5.32 Å². The van der Waals surface area contributed by atoms with Crippen LogP contribution in [0.3, 0.4) is 0 Å². The van der Waals surface area contributed by atoms with Crippen molar-refractivity contribution in [3.8, 4) is 0 Å². The van der Waals surface area contributed by atoms with Crippen LogP contribution in [-0.4, -0.2) is 53.5 Å². The van der Waals surface area contributed by atoms with Crippen molar-refractivity contribution in [2.45, 2.75) is 76.2 Å². The van der Waals surface area contributed by atoms with Crippen molar-refractivity contribution < 1.29 is 19.7 Å². The van der Waals surface area contributed by atoms with Gasteiger partial charge in [-0.05, 0) is 32.1 Å². The first kappa shape index (κ1) is 14.7. The summed E-state index contributed by atoms with van der Waals surface area (Å²) in [4.78, 5) is 0. The van der Waals surface area contributed by atoms with E-state index in [0.29, 0.717) is 24.9 Å². The fraction of sp³-hybridized carbons (Fsp3) is 1.00. The molecule has 20 heavy (non-hydrogen) atoms. The predicted molar refractivity (Wildman–Crippen MR) is 74.1 cm³/mol. The zero-order valence-corrected chi connectivity index (χ0v) is 12.4. The molecule has 6 unspecified atom stereocenters. The van der Waals surface area contributed by atoms with Crippen LogP contribution in [0.25, 0.3) is 0 Å². The first-order valence-electron chi connectivity index (χ1n) is 7.99. The molecule has 8 atom stereocenters. The fourth-order valence-corrected chi connectivity index (χ4v) is 3.90. The van der Waals surface area contributed by atoms with Gasteiger partial charge in [-0.2, -0.15) is 0 Å². The highest BCUT2D eigenvalue weighted by atomic mass is 16.5. The summed E-state index contributed by atoms with van der Waals surface area (Å²) in [6.07, 6.45) is 3.00. The molecule has 0 aromatic carbocycles. The maximum Gasteiger partial charge on any atom is 0.108 e. The van der Waals surface area contributed by atoms with Crippen LogP contribution in [0.4, 0.5) is 0 Å². The summed E-state index contributed by atoms with van der Waals surface area (Å²) in [6, 6.07) is 0.223. The third-order valence-electron chi connectivity index (χ3n) is 5.40. The molecule has 3 fully saturated rings. The fourth-order valence-electron chi connectivity index (χ4n) is 3.90. The standard InChI is InChI=1S/C15H27NO4/c1-3-9-4-5-10(13-6-12(17)8(2)20-13)14-11(7-19-14)16-15(9)18/h8-18H,3-7H2,1-2H3/t8?,9?,10-,11?,12?,13?,14?,15-/m0/s1. The molecule has 5 heteroatoms. The van der Waals surface area contributed by atoms with Crippen molar-refractivity contribution in [1.82, 2.24) is 5.32 Å². The molecule has 0 aromatic heterocycles. The topological polar surface area (TPSA) is 71.0 Å². The van der Waals surface area contributed by atoms with E-state index < -0.39 is 6.23 Å². The molecule has 3 aliphatic heterocycles. The van der Waals surface area contributed by atoms with Gasteiger partial charge >= 0.3 is 0 Å². The van der Waals surface area contributed by atoms with E-state index in [9.17, 15) is 10.2 Å². The number of aliphatic hydroxyl groups excluding tert-OH is 2. The Balaban J connectivity index is 1.70. The lowest BCUT2D eigenvalue weighted by molar-refractivity contribution is -0.170. The third kappa shape index (κ3) is 2.62. The van der Waals surface area contributed by atoms with Crippen LogP contribution < -0.4 is 5.32 Å². The summed E-state index contributed by atoms with van der Waals surface area (Å²) in [7, 11) is 0. The average molecular weight is 285 g/mol. The van der Waals surface area contributed by atoms with Crippen molar-refractivity contribution in [2.75, 3.05) is 6.61 Å². The Morgan fingerprint density at radius 2 is 2.05 bits per heavy atom. The Labute approximate surface area is 120 Å². The summed E-state index contributed by atoms with van der Waals surface area (Å²) in [5.41, 5.74) is 0. The van der Waals surface area contributed by atoms with Crippen LogP contribution >= 0.6 is 0 Å². The van der Waals surface area contributed by atoms with Gasteiger partial charge < -0.3 is 19.7 Å². The van der Waals surface area contributed by atoms with E-state index in [1.165, 1.54) is 0 Å². The largest absolute Gasteiger partial charge is 0.390 e. The van der Waals surface area contributed by atoms with Crippen LogP contribution in [-0.2, 0) is 9.47 Å². The van der Waals surface area contributed by atoms with Gasteiger partial charge in [0.2, 0.25) is 0 Å². The Kier molecular flexibility index (Phi) is 4.34. The van der Waals surface area contributed by atoms with Gasteiger partial charge in [-0.1, -0.05) is 6.92 Å². The molecule has 0 saturated carbocycles. The summed E-state index contributed by atoms with van der Waals surface area (Å²) in [6.45, 7) is 4.72. The lowest BCUT2D eigenvalue weighted by Gasteiger charge is -2.47. The van der Waals surface area contributed by atoms with Crippen molar-refractivity contribution in [3.63, 3.8) is 0 Å². The van der Waals surface area contributed by atoms with E-state index in [2.05, 4.69) is 12.2 Å². The van der Waals surface area contributed by atoms with E-state index in [1.54, 1.807) is 0 Å². The van der Waals surface area contributed by atoms with Crippen LogP contribution in [0, 0.1) is 11.8 Å². The predicted octanol–water partition coefficient (Wildman–Crippen LogP) is 0.636. The molecule has 0 bridgehead atoms. The maximum atomic E-state index is 10.2. The molecule has 3 aliphatic rings. The summed E-state index contributed by atoms with van der Waals surface area (Å²) < 4.78 is 11.7. The van der Waals surface area contributed by atoms with E-state index in [4.69, 9.17) is 9.47 Å². The molecular weight excluding hydrogens is 258 g/mol. The van der Waals surface area contributed by atoms with E-state index >= 15 is 0 Å². The molecule has 0 radical (unpaired) electrons. The third-order valence-corrected chi connectivity index (χ3v) is 5.40. The molecule has 3 N–H and O–H groups in total. The Morgan fingerprint density at radius 1 is 1.25 bits per heavy atom. The van der Waals surface area contributed by atoms with Crippen LogP contribution in [0.1, 0.15) is 39.5 Å². The summed E-state index contributed by atoms with van der Waals surface area (Å²) >= 11 is 0. The molecule has 3 rings (SSSR count). The van der Waals surface area contributed by atoms with E-state index in [-0.39, 0.29) is 30.5 Å². The van der Waals surface area contributed by atoms with Crippen molar-refractivity contribution >= 4 is 0 Å². The SMILES string of the molecule is CCC1CC[C@@H](C2CC(O)C(C)O2)C2OCC2N[C@H]1O. The lowest BCUT2D eigenvalue weighted by atomic mass is 9.79. The van der Waals surface area contributed by atoms with Gasteiger partial charge in [0, 0.05) is 12.3 Å². The minimum absolute atomic E-state index is 0.0792. The molecule has 0 aliphatic carbocycles. The average Bonchev–Trinajstić information content (AvgIpc) is 2.72. The summed E-state index contributed by atoms with van der Waals surface area (Å²) in [5.74, 6) is 0.616. The highest BCUT2D eigenvalue weighted by Gasteiger charge is 2.47. The minimum atomic E-state index is -0.425. The smallest absolute Gasteiger partial charge is 0.108 e. The van der Waals surface area contributed by atoms with Crippen LogP contribution in [0.2, 0.25) is 0 Å². The number of hydrogen-bond acceptors (Lipinski definition) is 5. The van der Waals surface area contributed by atoms with Crippen LogP contribution in [0.5, 0.6) is 0 Å². The highest BCUT2D eigenvalue weighted by molar-refractivity contribution is 4.98. The van der Waals surface area contributed by atoms with Crippen molar-refractivity contribution in [1.29, 1.82) is 0 Å². The molecule has 0 spiro atoms.